The first-order valence-corrected chi connectivity index (χ1v) is 10.0. The molecular weight excluding hydrogens is 372 g/mol. The number of carbonyl (C=O) groups is 3. The van der Waals surface area contributed by atoms with Crippen molar-refractivity contribution < 1.29 is 24.1 Å². The number of carbonyl (C=O) groups excluding carboxylic acids is 3. The van der Waals surface area contributed by atoms with Crippen LogP contribution in [0.25, 0.3) is 11.3 Å². The van der Waals surface area contributed by atoms with Gasteiger partial charge in [0.2, 0.25) is 5.91 Å². The molecule has 0 bridgehead atoms. The largest absolute Gasteiger partial charge is 0.464 e. The zero-order valence-electron chi connectivity index (χ0n) is 16.0. The maximum absolute atomic E-state index is 13.3. The molecule has 3 aliphatic heterocycles. The number of anilines is 1. The number of furan rings is 1. The SMILES string of the molecule is O=C1Nc2ccc(-c3ccco3)cc2C(=O)N2CCN(C(=O)[C@H]3CCC[NH2+]3)C[C@@H]12. The van der Waals surface area contributed by atoms with Gasteiger partial charge >= 0.3 is 0 Å². The fraction of sp³-hybridized carbons (Fsp3) is 0.381. The molecule has 3 N–H and O–H groups in total. The molecule has 150 valence electrons. The van der Waals surface area contributed by atoms with E-state index in [2.05, 4.69) is 10.6 Å². The van der Waals surface area contributed by atoms with E-state index in [4.69, 9.17) is 4.42 Å². The lowest BCUT2D eigenvalue weighted by molar-refractivity contribution is -0.658. The number of nitrogens with one attached hydrogen (secondary N) is 1. The van der Waals surface area contributed by atoms with E-state index in [-0.39, 0.29) is 30.3 Å². The Balaban J connectivity index is 1.42. The Bertz CT molecular complexity index is 965. The number of nitrogens with two attached hydrogens (primary N) is 1. The number of rotatable bonds is 2. The van der Waals surface area contributed by atoms with Gasteiger partial charge in [0.15, 0.2) is 6.04 Å². The summed E-state index contributed by atoms with van der Waals surface area (Å²) in [6, 6.07) is 8.19. The van der Waals surface area contributed by atoms with Gasteiger partial charge in [-0.05, 0) is 30.3 Å². The monoisotopic (exact) mass is 395 g/mol. The number of hydrogen-bond donors (Lipinski definition) is 2. The Morgan fingerprint density at radius 2 is 2.10 bits per heavy atom. The van der Waals surface area contributed by atoms with Crippen LogP contribution in [-0.2, 0) is 9.59 Å². The number of benzene rings is 1. The molecule has 4 heterocycles. The van der Waals surface area contributed by atoms with Gasteiger partial charge in [-0.15, -0.1) is 0 Å². The second-order valence-electron chi connectivity index (χ2n) is 7.80. The lowest BCUT2D eigenvalue weighted by Crippen LogP contribution is -2.89. The van der Waals surface area contributed by atoms with Crippen molar-refractivity contribution in [1.82, 2.24) is 9.80 Å². The second-order valence-corrected chi connectivity index (χ2v) is 7.80. The van der Waals surface area contributed by atoms with Gasteiger partial charge in [-0.1, -0.05) is 0 Å². The maximum atomic E-state index is 13.3. The van der Waals surface area contributed by atoms with Crippen molar-refractivity contribution in [2.45, 2.75) is 24.9 Å². The average molecular weight is 395 g/mol. The van der Waals surface area contributed by atoms with Crippen molar-refractivity contribution in [3.05, 3.63) is 42.2 Å². The van der Waals surface area contributed by atoms with E-state index in [0.29, 0.717) is 30.1 Å². The summed E-state index contributed by atoms with van der Waals surface area (Å²) in [5, 5.41) is 4.94. The van der Waals surface area contributed by atoms with Crippen molar-refractivity contribution in [3.8, 4) is 11.3 Å². The third-order valence-corrected chi connectivity index (χ3v) is 6.06. The van der Waals surface area contributed by atoms with Gasteiger partial charge in [0.1, 0.15) is 11.8 Å². The van der Waals surface area contributed by atoms with Crippen LogP contribution in [0, 0.1) is 0 Å². The van der Waals surface area contributed by atoms with Gasteiger partial charge in [0, 0.05) is 31.5 Å². The molecule has 1 aromatic heterocycles. The van der Waals surface area contributed by atoms with E-state index in [1.165, 1.54) is 0 Å². The number of quaternary nitrogens is 1. The number of piperazine rings is 1. The van der Waals surface area contributed by atoms with E-state index in [1.54, 1.807) is 34.3 Å². The molecule has 0 aliphatic carbocycles. The summed E-state index contributed by atoms with van der Waals surface area (Å²) < 4.78 is 5.43. The summed E-state index contributed by atoms with van der Waals surface area (Å²) in [5.74, 6) is 0.284. The van der Waals surface area contributed by atoms with Crippen LogP contribution >= 0.6 is 0 Å². The zero-order valence-corrected chi connectivity index (χ0v) is 16.0. The number of fused-ring (bicyclic) bond motifs is 2. The molecule has 3 amide bonds. The Kier molecular flexibility index (Phi) is 4.35. The van der Waals surface area contributed by atoms with Crippen LogP contribution in [0.3, 0.4) is 0 Å². The average Bonchev–Trinajstić information content (AvgIpc) is 3.45. The highest BCUT2D eigenvalue weighted by atomic mass is 16.3. The number of hydrogen-bond acceptors (Lipinski definition) is 4. The van der Waals surface area contributed by atoms with Crippen molar-refractivity contribution in [2.24, 2.45) is 0 Å². The van der Waals surface area contributed by atoms with E-state index in [0.717, 1.165) is 24.9 Å². The predicted molar refractivity (Wildman–Crippen MR) is 104 cm³/mol. The molecule has 29 heavy (non-hydrogen) atoms. The molecule has 0 spiro atoms. The van der Waals surface area contributed by atoms with Crippen molar-refractivity contribution in [1.29, 1.82) is 0 Å². The van der Waals surface area contributed by atoms with Crippen LogP contribution in [0.5, 0.6) is 0 Å². The Morgan fingerprint density at radius 1 is 1.21 bits per heavy atom. The van der Waals surface area contributed by atoms with Gasteiger partial charge in [0.25, 0.3) is 11.8 Å². The highest BCUT2D eigenvalue weighted by molar-refractivity contribution is 6.10. The minimum Gasteiger partial charge on any atom is -0.464 e. The molecule has 3 aliphatic rings. The zero-order chi connectivity index (χ0) is 20.0. The van der Waals surface area contributed by atoms with E-state index in [1.807, 2.05) is 12.1 Å². The van der Waals surface area contributed by atoms with E-state index < -0.39 is 6.04 Å². The third kappa shape index (κ3) is 3.09. The van der Waals surface area contributed by atoms with Gasteiger partial charge in [-0.3, -0.25) is 14.4 Å². The fourth-order valence-corrected chi connectivity index (χ4v) is 4.48. The quantitative estimate of drug-likeness (QED) is 0.763. The van der Waals surface area contributed by atoms with E-state index >= 15 is 0 Å². The van der Waals surface area contributed by atoms with Gasteiger partial charge in [-0.2, -0.15) is 0 Å². The molecule has 5 rings (SSSR count). The molecule has 8 heteroatoms. The Hall–Kier alpha value is -3.13. The molecule has 2 fully saturated rings. The van der Waals surface area contributed by atoms with E-state index in [9.17, 15) is 14.4 Å². The van der Waals surface area contributed by atoms with Crippen molar-refractivity contribution in [3.63, 3.8) is 0 Å². The predicted octanol–water partition coefficient (Wildman–Crippen LogP) is 0.278. The summed E-state index contributed by atoms with van der Waals surface area (Å²) in [7, 11) is 0. The minimum atomic E-state index is -0.680. The molecule has 0 radical (unpaired) electrons. The van der Waals surface area contributed by atoms with Crippen LogP contribution < -0.4 is 10.6 Å². The first kappa shape index (κ1) is 17.9. The Morgan fingerprint density at radius 3 is 2.86 bits per heavy atom. The molecule has 0 saturated carbocycles. The lowest BCUT2D eigenvalue weighted by Gasteiger charge is -2.39. The summed E-state index contributed by atoms with van der Waals surface area (Å²) >= 11 is 0. The fourth-order valence-electron chi connectivity index (χ4n) is 4.48. The summed E-state index contributed by atoms with van der Waals surface area (Å²) in [4.78, 5) is 42.3. The molecule has 0 unspecified atom stereocenters. The summed E-state index contributed by atoms with van der Waals surface area (Å²) in [5.41, 5.74) is 1.71. The standard InChI is InChI=1S/C21H22N4O4/c26-19-17-12-24(21(28)16-3-1-7-22-16)8-9-25(17)20(27)14-11-13(5-6-15(14)23-19)18-4-2-10-29-18/h2,4-6,10-11,16-17,22H,1,3,7-9,12H2,(H,23,26)/p+1/t16-,17+/m1/s1. The van der Waals surface area contributed by atoms with Crippen LogP contribution in [0.4, 0.5) is 5.69 Å². The topological polar surface area (TPSA) is 99.5 Å². The second kappa shape index (κ2) is 7.04. The molecule has 2 aromatic rings. The van der Waals surface area contributed by atoms with Crippen LogP contribution in [-0.4, -0.2) is 65.8 Å². The highest BCUT2D eigenvalue weighted by Crippen LogP contribution is 2.30. The molecule has 2 atom stereocenters. The highest BCUT2D eigenvalue weighted by Gasteiger charge is 2.42. The van der Waals surface area contributed by atoms with Crippen LogP contribution in [0.2, 0.25) is 0 Å². The summed E-state index contributed by atoms with van der Waals surface area (Å²) in [6.07, 6.45) is 3.49. The number of amides is 3. The van der Waals surface area contributed by atoms with Crippen molar-refractivity contribution >= 4 is 23.4 Å². The van der Waals surface area contributed by atoms with Crippen LogP contribution in [0.15, 0.2) is 41.0 Å². The van der Waals surface area contributed by atoms with Crippen LogP contribution in [0.1, 0.15) is 23.2 Å². The molecule has 1 aromatic carbocycles. The normalized spacial score (nSPS) is 24.0. The van der Waals surface area contributed by atoms with Crippen molar-refractivity contribution in [2.75, 3.05) is 31.5 Å². The number of nitrogens with zero attached hydrogens (tertiary/aromatic N) is 2. The summed E-state index contributed by atoms with van der Waals surface area (Å²) in [6.45, 7) is 2.00. The minimum absolute atomic E-state index is 0.0563. The maximum Gasteiger partial charge on any atom is 0.280 e. The third-order valence-electron chi connectivity index (χ3n) is 6.06. The Labute approximate surface area is 167 Å². The molecule has 2 saturated heterocycles. The van der Waals surface area contributed by atoms with Gasteiger partial charge in [-0.25, -0.2) is 0 Å². The smallest absolute Gasteiger partial charge is 0.280 e. The molecule has 8 nitrogen and oxygen atoms in total. The lowest BCUT2D eigenvalue weighted by atomic mass is 10.0. The van der Waals surface area contributed by atoms with Gasteiger partial charge < -0.3 is 24.9 Å². The van der Waals surface area contributed by atoms with Gasteiger partial charge in [0.05, 0.1) is 30.6 Å². The first-order valence-electron chi connectivity index (χ1n) is 10.0. The first-order chi connectivity index (χ1) is 14.1. The molecular formula is C21H23N4O4+.